The van der Waals surface area contributed by atoms with Crippen LogP contribution >= 0.6 is 23.2 Å². The van der Waals surface area contributed by atoms with Gasteiger partial charge in [0.15, 0.2) is 0 Å². The van der Waals surface area contributed by atoms with E-state index in [4.69, 9.17) is 27.9 Å². The van der Waals surface area contributed by atoms with Crippen LogP contribution in [0.25, 0.3) is 0 Å². The van der Waals surface area contributed by atoms with E-state index >= 15 is 0 Å². The minimum absolute atomic E-state index is 0.0540. The van der Waals surface area contributed by atoms with Crippen LogP contribution in [0.5, 0.6) is 5.75 Å². The summed E-state index contributed by atoms with van der Waals surface area (Å²) in [5.41, 5.74) is -2.26. The number of benzene rings is 2. The van der Waals surface area contributed by atoms with Gasteiger partial charge in [0.1, 0.15) is 29.6 Å². The molecule has 0 amide bonds. The first kappa shape index (κ1) is 21.8. The van der Waals surface area contributed by atoms with Gasteiger partial charge in [-0.2, -0.15) is 5.10 Å². The van der Waals surface area contributed by atoms with E-state index in [9.17, 15) is 9.32 Å². The van der Waals surface area contributed by atoms with Gasteiger partial charge in [-0.05, 0) is 50.2 Å². The van der Waals surface area contributed by atoms with Crippen molar-refractivity contribution in [3.8, 4) is 5.75 Å². The SMILES string of the molecule is CS(=O)c1ccc(OC(C)(C)C(O)(Cn2cncn2)c2ccc(Cl)cc2Cl)cc1. The molecule has 2 unspecified atom stereocenters. The monoisotopic (exact) mass is 453 g/mol. The predicted octanol–water partition coefficient (Wildman–Crippen LogP) is 4.07. The molecule has 154 valence electrons. The highest BCUT2D eigenvalue weighted by molar-refractivity contribution is 7.84. The number of nitrogens with zero attached hydrogens (tertiary/aromatic N) is 3. The maximum atomic E-state index is 11.9. The second-order valence-corrected chi connectivity index (χ2v) is 9.34. The molecule has 1 N–H and O–H groups in total. The Morgan fingerprint density at radius 2 is 1.86 bits per heavy atom. The predicted molar refractivity (Wildman–Crippen MR) is 114 cm³/mol. The van der Waals surface area contributed by atoms with E-state index in [1.165, 1.54) is 17.3 Å². The lowest BCUT2D eigenvalue weighted by molar-refractivity contribution is -0.133. The maximum absolute atomic E-state index is 11.9. The number of hydrogen-bond donors (Lipinski definition) is 1. The summed E-state index contributed by atoms with van der Waals surface area (Å²) in [4.78, 5) is 4.63. The molecule has 9 heteroatoms. The van der Waals surface area contributed by atoms with E-state index in [0.29, 0.717) is 26.3 Å². The summed E-state index contributed by atoms with van der Waals surface area (Å²) in [7, 11) is -1.09. The third kappa shape index (κ3) is 4.64. The van der Waals surface area contributed by atoms with Gasteiger partial charge in [0.05, 0.1) is 6.54 Å². The molecule has 3 aromatic rings. The zero-order chi connectivity index (χ0) is 21.2. The van der Waals surface area contributed by atoms with Crippen molar-refractivity contribution in [1.29, 1.82) is 0 Å². The largest absolute Gasteiger partial charge is 0.484 e. The zero-order valence-electron chi connectivity index (χ0n) is 16.2. The van der Waals surface area contributed by atoms with Crippen molar-refractivity contribution in [1.82, 2.24) is 14.8 Å². The molecule has 2 aromatic carbocycles. The Kier molecular flexibility index (Phi) is 6.33. The molecular weight excluding hydrogens is 433 g/mol. The maximum Gasteiger partial charge on any atom is 0.149 e. The van der Waals surface area contributed by atoms with Crippen molar-refractivity contribution in [2.24, 2.45) is 0 Å². The van der Waals surface area contributed by atoms with Gasteiger partial charge in [0, 0.05) is 37.6 Å². The minimum atomic E-state index is -1.57. The Hall–Kier alpha value is -1.93. The van der Waals surface area contributed by atoms with Crippen molar-refractivity contribution in [3.63, 3.8) is 0 Å². The molecule has 0 aliphatic heterocycles. The van der Waals surface area contributed by atoms with Gasteiger partial charge in [-0.1, -0.05) is 29.3 Å². The standard InChI is InChI=1S/C20H21Cl2N3O3S/c1-19(2,28-15-5-7-16(8-6-15)29(3)27)20(26,11-25-13-23-12-24-25)17-9-4-14(21)10-18(17)22/h4-10,12-13,26H,11H2,1-3H3. The summed E-state index contributed by atoms with van der Waals surface area (Å²) in [6, 6.07) is 11.8. The van der Waals surface area contributed by atoms with Crippen molar-refractivity contribution in [2.45, 2.75) is 36.5 Å². The summed E-state index contributed by atoms with van der Waals surface area (Å²) in [5, 5.41) is 16.8. The molecule has 2 atom stereocenters. The second kappa shape index (κ2) is 8.44. The summed E-state index contributed by atoms with van der Waals surface area (Å²) in [6.45, 7) is 3.58. The van der Waals surface area contributed by atoms with Crippen LogP contribution < -0.4 is 4.74 Å². The van der Waals surface area contributed by atoms with Gasteiger partial charge < -0.3 is 9.84 Å². The summed E-state index contributed by atoms with van der Waals surface area (Å²) in [5.74, 6) is 0.520. The molecule has 0 bridgehead atoms. The molecule has 0 saturated carbocycles. The molecule has 0 spiro atoms. The Morgan fingerprint density at radius 3 is 2.41 bits per heavy atom. The average Bonchev–Trinajstić information content (AvgIpc) is 3.14. The minimum Gasteiger partial charge on any atom is -0.484 e. The van der Waals surface area contributed by atoms with Gasteiger partial charge in [0.2, 0.25) is 0 Å². The average molecular weight is 454 g/mol. The fraction of sp³-hybridized carbons (Fsp3) is 0.300. The highest BCUT2D eigenvalue weighted by Gasteiger charge is 2.49. The van der Waals surface area contributed by atoms with Crippen molar-refractivity contribution < 1.29 is 14.1 Å². The lowest BCUT2D eigenvalue weighted by atomic mass is 9.79. The Balaban J connectivity index is 2.02. The van der Waals surface area contributed by atoms with Crippen LogP contribution in [-0.4, -0.2) is 35.9 Å². The molecule has 3 rings (SSSR count). The third-order valence-electron chi connectivity index (χ3n) is 4.76. The number of halogens is 2. The number of hydrogen-bond acceptors (Lipinski definition) is 5. The van der Waals surface area contributed by atoms with Gasteiger partial charge in [-0.15, -0.1) is 0 Å². The second-order valence-electron chi connectivity index (χ2n) is 7.12. The van der Waals surface area contributed by atoms with E-state index in [1.54, 1.807) is 62.6 Å². The first-order valence-electron chi connectivity index (χ1n) is 8.75. The van der Waals surface area contributed by atoms with Crippen molar-refractivity contribution in [2.75, 3.05) is 6.26 Å². The first-order chi connectivity index (χ1) is 13.6. The third-order valence-corrected chi connectivity index (χ3v) is 6.24. The van der Waals surface area contributed by atoms with Crippen LogP contribution in [0.4, 0.5) is 0 Å². The van der Waals surface area contributed by atoms with Crippen LogP contribution in [0.15, 0.2) is 60.0 Å². The topological polar surface area (TPSA) is 77.2 Å². The van der Waals surface area contributed by atoms with Crippen LogP contribution in [0.2, 0.25) is 10.0 Å². The molecule has 1 aromatic heterocycles. The van der Waals surface area contributed by atoms with E-state index in [-0.39, 0.29) is 6.54 Å². The quantitative estimate of drug-likeness (QED) is 0.583. The number of ether oxygens (including phenoxy) is 1. The molecule has 0 saturated heterocycles. The molecule has 1 heterocycles. The molecule has 0 fully saturated rings. The lowest BCUT2D eigenvalue weighted by Gasteiger charge is -2.43. The smallest absolute Gasteiger partial charge is 0.149 e. The molecule has 29 heavy (non-hydrogen) atoms. The molecular formula is C20H21Cl2N3O3S. The summed E-state index contributed by atoms with van der Waals surface area (Å²) < 4.78 is 19.3. The number of aromatic nitrogens is 3. The van der Waals surface area contributed by atoms with Crippen LogP contribution in [0.1, 0.15) is 19.4 Å². The fourth-order valence-corrected chi connectivity index (χ4v) is 4.14. The van der Waals surface area contributed by atoms with Gasteiger partial charge >= 0.3 is 0 Å². The van der Waals surface area contributed by atoms with Crippen LogP contribution in [0, 0.1) is 0 Å². The molecule has 0 aliphatic rings. The van der Waals surface area contributed by atoms with Gasteiger partial charge in [-0.25, -0.2) is 9.67 Å². The van der Waals surface area contributed by atoms with Crippen molar-refractivity contribution >= 4 is 34.0 Å². The van der Waals surface area contributed by atoms with E-state index in [1.807, 2.05) is 0 Å². The van der Waals surface area contributed by atoms with Gasteiger partial charge in [0.25, 0.3) is 0 Å². The van der Waals surface area contributed by atoms with Crippen LogP contribution in [0.3, 0.4) is 0 Å². The highest BCUT2D eigenvalue weighted by atomic mass is 35.5. The zero-order valence-corrected chi connectivity index (χ0v) is 18.5. The normalized spacial score (nSPS) is 15.0. The van der Waals surface area contributed by atoms with Gasteiger partial charge in [-0.3, -0.25) is 4.21 Å². The molecule has 0 aliphatic carbocycles. The Labute approximate surface area is 181 Å². The van der Waals surface area contributed by atoms with E-state index in [0.717, 1.165) is 0 Å². The molecule has 0 radical (unpaired) electrons. The Bertz CT molecular complexity index is 1010. The fourth-order valence-electron chi connectivity index (χ4n) is 3.05. The van der Waals surface area contributed by atoms with E-state index < -0.39 is 22.0 Å². The highest BCUT2D eigenvalue weighted by Crippen LogP contribution is 2.41. The van der Waals surface area contributed by atoms with Crippen molar-refractivity contribution in [3.05, 3.63) is 70.7 Å². The van der Waals surface area contributed by atoms with E-state index in [2.05, 4.69) is 10.1 Å². The van der Waals surface area contributed by atoms with Crippen LogP contribution in [-0.2, 0) is 22.9 Å². The summed E-state index contributed by atoms with van der Waals surface area (Å²) in [6.07, 6.45) is 4.51. The first-order valence-corrected chi connectivity index (χ1v) is 11.1. The molecule has 6 nitrogen and oxygen atoms in total. The summed E-state index contributed by atoms with van der Waals surface area (Å²) >= 11 is 12.5. The lowest BCUT2D eigenvalue weighted by Crippen LogP contribution is -2.54. The Morgan fingerprint density at radius 1 is 1.17 bits per heavy atom. The number of aliphatic hydroxyl groups is 1. The number of rotatable bonds is 7.